The van der Waals surface area contributed by atoms with Crippen LogP contribution in [0.4, 0.5) is 10.5 Å². The van der Waals surface area contributed by atoms with E-state index in [-0.39, 0.29) is 11.9 Å². The van der Waals surface area contributed by atoms with Crippen LogP contribution in [0.1, 0.15) is 34.0 Å². The van der Waals surface area contributed by atoms with Crippen LogP contribution in [0.3, 0.4) is 0 Å². The summed E-state index contributed by atoms with van der Waals surface area (Å²) >= 11 is 0. The summed E-state index contributed by atoms with van der Waals surface area (Å²) in [6.07, 6.45) is 0. The lowest BCUT2D eigenvalue weighted by Gasteiger charge is -2.14. The number of nitrogens with one attached hydrogen (secondary N) is 3. The van der Waals surface area contributed by atoms with Crippen LogP contribution < -0.4 is 20.7 Å². The van der Waals surface area contributed by atoms with Crippen LogP contribution in [0, 0.1) is 20.8 Å². The Morgan fingerprint density at radius 3 is 2.33 bits per heavy atom. The maximum absolute atomic E-state index is 12.1. The van der Waals surface area contributed by atoms with E-state index in [0.29, 0.717) is 30.9 Å². The van der Waals surface area contributed by atoms with Gasteiger partial charge in [0, 0.05) is 17.8 Å². The number of rotatable bonds is 7. The summed E-state index contributed by atoms with van der Waals surface area (Å²) in [5.74, 6) is 0.688. The molecule has 2 aromatic rings. The summed E-state index contributed by atoms with van der Waals surface area (Å²) < 4.78 is 5.77. The van der Waals surface area contributed by atoms with E-state index >= 15 is 0 Å². The normalized spacial score (nSPS) is 10.2. The molecule has 0 fully saturated rings. The Morgan fingerprint density at radius 2 is 1.67 bits per heavy atom. The van der Waals surface area contributed by atoms with Crippen molar-refractivity contribution in [2.45, 2.75) is 27.7 Å². The van der Waals surface area contributed by atoms with Gasteiger partial charge in [-0.25, -0.2) is 4.79 Å². The first-order valence-electron chi connectivity index (χ1n) is 9.05. The monoisotopic (exact) mass is 369 g/mol. The number of urea groups is 1. The Balaban J connectivity index is 1.87. The molecule has 0 saturated heterocycles. The third-order valence-corrected chi connectivity index (χ3v) is 4.13. The lowest BCUT2D eigenvalue weighted by atomic mass is 10.1. The summed E-state index contributed by atoms with van der Waals surface area (Å²) in [6, 6.07) is 10.9. The molecule has 0 aliphatic carbocycles. The predicted octanol–water partition coefficient (Wildman–Crippen LogP) is 3.56. The second kappa shape index (κ2) is 9.62. The van der Waals surface area contributed by atoms with Crippen molar-refractivity contribution in [2.75, 3.05) is 25.0 Å². The zero-order valence-corrected chi connectivity index (χ0v) is 16.3. The Kier molecular flexibility index (Phi) is 7.23. The Labute approximate surface area is 160 Å². The van der Waals surface area contributed by atoms with Crippen molar-refractivity contribution in [3.63, 3.8) is 0 Å². The quantitative estimate of drug-likeness (QED) is 0.653. The fourth-order valence-corrected chi connectivity index (χ4v) is 2.67. The maximum atomic E-state index is 12.1. The van der Waals surface area contributed by atoms with Gasteiger partial charge in [0.15, 0.2) is 0 Å². The molecule has 0 aliphatic rings. The molecule has 0 heterocycles. The number of carbonyl (C=O) groups is 2. The third-order valence-electron chi connectivity index (χ3n) is 4.13. The summed E-state index contributed by atoms with van der Waals surface area (Å²) in [7, 11) is 0. The van der Waals surface area contributed by atoms with E-state index in [1.165, 1.54) is 0 Å². The van der Waals surface area contributed by atoms with Crippen molar-refractivity contribution >= 4 is 17.6 Å². The molecule has 144 valence electrons. The van der Waals surface area contributed by atoms with E-state index in [1.54, 1.807) is 12.1 Å². The van der Waals surface area contributed by atoms with Crippen LogP contribution in [0.2, 0.25) is 0 Å². The molecule has 0 atom stereocenters. The van der Waals surface area contributed by atoms with Crippen molar-refractivity contribution in [3.05, 3.63) is 58.7 Å². The highest BCUT2D eigenvalue weighted by Gasteiger charge is 2.10. The van der Waals surface area contributed by atoms with E-state index in [9.17, 15) is 9.59 Å². The van der Waals surface area contributed by atoms with Crippen molar-refractivity contribution in [1.82, 2.24) is 10.6 Å². The van der Waals surface area contributed by atoms with Crippen molar-refractivity contribution < 1.29 is 14.3 Å². The van der Waals surface area contributed by atoms with Crippen LogP contribution in [0.15, 0.2) is 36.4 Å². The summed E-state index contributed by atoms with van der Waals surface area (Å²) in [6.45, 7) is 9.02. The molecular formula is C21H27N3O3. The number of para-hydroxylation sites is 1. The van der Waals surface area contributed by atoms with Crippen LogP contribution in [0.25, 0.3) is 0 Å². The number of benzene rings is 2. The van der Waals surface area contributed by atoms with Crippen molar-refractivity contribution in [1.29, 1.82) is 0 Å². The third kappa shape index (κ3) is 5.74. The minimum Gasteiger partial charge on any atom is -0.491 e. The lowest BCUT2D eigenvalue weighted by Crippen LogP contribution is -2.32. The minimum atomic E-state index is -0.337. The average molecular weight is 369 g/mol. The molecule has 3 N–H and O–H groups in total. The van der Waals surface area contributed by atoms with Gasteiger partial charge in [0.2, 0.25) is 0 Å². The first-order valence-corrected chi connectivity index (χ1v) is 9.05. The van der Waals surface area contributed by atoms with Gasteiger partial charge < -0.3 is 20.7 Å². The van der Waals surface area contributed by atoms with Gasteiger partial charge in [-0.3, -0.25) is 4.79 Å². The van der Waals surface area contributed by atoms with E-state index < -0.39 is 0 Å². The Bertz CT molecular complexity index is 798. The first-order chi connectivity index (χ1) is 12.9. The molecule has 0 aliphatic heterocycles. The molecule has 0 aromatic heterocycles. The summed E-state index contributed by atoms with van der Waals surface area (Å²) in [5.41, 5.74) is 4.13. The zero-order valence-electron chi connectivity index (χ0n) is 16.3. The van der Waals surface area contributed by atoms with E-state index in [2.05, 4.69) is 16.0 Å². The number of amides is 3. The molecule has 2 aromatic carbocycles. The lowest BCUT2D eigenvalue weighted by molar-refractivity contribution is 0.0956. The molecule has 3 amide bonds. The Hall–Kier alpha value is -3.02. The van der Waals surface area contributed by atoms with Crippen LogP contribution in [0.5, 0.6) is 5.75 Å². The van der Waals surface area contributed by atoms with Gasteiger partial charge in [-0.15, -0.1) is 0 Å². The molecule has 6 heteroatoms. The van der Waals surface area contributed by atoms with Gasteiger partial charge in [-0.1, -0.05) is 24.3 Å². The van der Waals surface area contributed by atoms with Crippen LogP contribution in [-0.4, -0.2) is 31.6 Å². The number of anilines is 1. The molecule has 6 nitrogen and oxygen atoms in total. The second-order valence-electron chi connectivity index (χ2n) is 6.34. The molecule has 0 unspecified atom stereocenters. The van der Waals surface area contributed by atoms with E-state index in [1.807, 2.05) is 52.0 Å². The fourth-order valence-electron chi connectivity index (χ4n) is 2.67. The zero-order chi connectivity index (χ0) is 19.8. The first kappa shape index (κ1) is 20.3. The number of hydrogen-bond acceptors (Lipinski definition) is 3. The van der Waals surface area contributed by atoms with E-state index in [4.69, 9.17) is 4.74 Å². The summed E-state index contributed by atoms with van der Waals surface area (Å²) in [4.78, 5) is 24.1. The standard InChI is InChI=1S/C21H27N3O3/c1-5-22-20(25)17-10-9-14(2)18(13-17)24-21(26)23-11-12-27-19-15(3)7-6-8-16(19)4/h6-10,13H,5,11-12H2,1-4H3,(H,22,25)(H2,23,24,26). The number of aryl methyl sites for hydroxylation is 3. The average Bonchev–Trinajstić information content (AvgIpc) is 2.62. The van der Waals surface area contributed by atoms with Crippen LogP contribution >= 0.6 is 0 Å². The van der Waals surface area contributed by atoms with Crippen LogP contribution in [-0.2, 0) is 0 Å². The van der Waals surface area contributed by atoms with Crippen molar-refractivity contribution in [3.8, 4) is 5.75 Å². The van der Waals surface area contributed by atoms with Crippen molar-refractivity contribution in [2.24, 2.45) is 0 Å². The number of carbonyl (C=O) groups excluding carboxylic acids is 2. The molecular weight excluding hydrogens is 342 g/mol. The summed E-state index contributed by atoms with van der Waals surface area (Å²) in [5, 5.41) is 8.29. The topological polar surface area (TPSA) is 79.5 Å². The molecule has 2 rings (SSSR count). The smallest absolute Gasteiger partial charge is 0.319 e. The highest BCUT2D eigenvalue weighted by molar-refractivity contribution is 5.97. The largest absolute Gasteiger partial charge is 0.491 e. The maximum Gasteiger partial charge on any atom is 0.319 e. The predicted molar refractivity (Wildman–Crippen MR) is 108 cm³/mol. The molecule has 0 bridgehead atoms. The number of hydrogen-bond donors (Lipinski definition) is 3. The molecule has 0 spiro atoms. The van der Waals surface area contributed by atoms with Gasteiger partial charge in [0.25, 0.3) is 5.91 Å². The van der Waals surface area contributed by atoms with Gasteiger partial charge in [-0.05, 0) is 56.5 Å². The minimum absolute atomic E-state index is 0.164. The van der Waals surface area contributed by atoms with Gasteiger partial charge >= 0.3 is 6.03 Å². The fraction of sp³-hybridized carbons (Fsp3) is 0.333. The second-order valence-corrected chi connectivity index (χ2v) is 6.34. The molecule has 0 saturated carbocycles. The van der Waals surface area contributed by atoms with Gasteiger partial charge in [0.05, 0.1) is 6.54 Å². The number of ether oxygens (including phenoxy) is 1. The SMILES string of the molecule is CCNC(=O)c1ccc(C)c(NC(=O)NCCOc2c(C)cccc2C)c1. The van der Waals surface area contributed by atoms with E-state index in [0.717, 1.165) is 22.4 Å². The molecule has 0 radical (unpaired) electrons. The van der Waals surface area contributed by atoms with Gasteiger partial charge in [0.1, 0.15) is 12.4 Å². The molecule has 27 heavy (non-hydrogen) atoms. The highest BCUT2D eigenvalue weighted by atomic mass is 16.5. The van der Waals surface area contributed by atoms with Gasteiger partial charge in [-0.2, -0.15) is 0 Å². The Morgan fingerprint density at radius 1 is 0.963 bits per heavy atom. The highest BCUT2D eigenvalue weighted by Crippen LogP contribution is 2.22.